The van der Waals surface area contributed by atoms with Crippen molar-refractivity contribution in [1.82, 2.24) is 0 Å². The molecule has 0 rings (SSSR count). The van der Waals surface area contributed by atoms with Crippen LogP contribution in [0.5, 0.6) is 0 Å². The second-order valence-electron chi connectivity index (χ2n) is 0.467. The first-order chi connectivity index (χ1) is 2.27. The van der Waals surface area contributed by atoms with Crippen LogP contribution < -0.4 is 0 Å². The second kappa shape index (κ2) is 2.08. The summed E-state index contributed by atoms with van der Waals surface area (Å²) in [6.45, 7) is 0. The van der Waals surface area contributed by atoms with Crippen LogP contribution in [0.2, 0.25) is 0 Å². The summed E-state index contributed by atoms with van der Waals surface area (Å²) in [7, 11) is 0. The molecule has 0 aliphatic carbocycles. The van der Waals surface area contributed by atoms with E-state index in [1.807, 2.05) is 0 Å². The molecule has 1 N–H and O–H groups in total. The highest BCUT2D eigenvalue weighted by Crippen LogP contribution is 1.89. The molecule has 0 atom stereocenters. The van der Waals surface area contributed by atoms with E-state index in [0.717, 1.165) is 0 Å². The van der Waals surface area contributed by atoms with Crippen molar-refractivity contribution < 1.29 is 9.50 Å². The molecule has 0 aliphatic heterocycles. The molecule has 0 aromatic rings. The molecule has 0 amide bonds. The molecule has 0 aromatic carbocycles. The number of aliphatic hydroxyl groups is 1. The lowest BCUT2D eigenvalue weighted by Gasteiger charge is -1.70. The van der Waals surface area contributed by atoms with E-state index in [0.29, 0.717) is 0 Å². The number of hydrogen-bond donors (Lipinski definition) is 2. The van der Waals surface area contributed by atoms with Crippen molar-refractivity contribution in [2.75, 3.05) is 0 Å². The summed E-state index contributed by atoms with van der Waals surface area (Å²) < 4.78 is 10.6. The van der Waals surface area contributed by atoms with Crippen LogP contribution in [0, 0.1) is 0 Å². The topological polar surface area (TPSA) is 20.2 Å². The zero-order valence-corrected chi connectivity index (χ0v) is 3.24. The molecule has 5 heavy (non-hydrogen) atoms. The van der Waals surface area contributed by atoms with E-state index >= 15 is 0 Å². The molecule has 1 nitrogen and oxygen atoms in total. The van der Waals surface area contributed by atoms with Gasteiger partial charge < -0.3 is 5.11 Å². The van der Waals surface area contributed by atoms with E-state index in [1.54, 1.807) is 0 Å². The minimum atomic E-state index is -0.593. The molecule has 0 saturated carbocycles. The van der Waals surface area contributed by atoms with Gasteiger partial charge >= 0.3 is 0 Å². The lowest BCUT2D eigenvalue weighted by molar-refractivity contribution is 0.441. The smallest absolute Gasteiger partial charge is 0.175 e. The molecule has 0 aliphatic rings. The lowest BCUT2D eigenvalue weighted by atomic mass is 11.1. The monoisotopic (exact) mass is 94.0 g/mol. The average molecular weight is 94.1 g/mol. The Balaban J connectivity index is 3.14. The zero-order valence-electron chi connectivity index (χ0n) is 2.35. The molecule has 0 radical (unpaired) electrons. The fraction of sp³-hybridized carbons (Fsp3) is 0. The first kappa shape index (κ1) is 4.82. The molecule has 0 fully saturated rings. The Labute approximate surface area is 34.5 Å². The molecule has 0 spiro atoms. The summed E-state index contributed by atoms with van der Waals surface area (Å²) in [4.78, 5) is 0. The highest BCUT2D eigenvalue weighted by molar-refractivity contribution is 7.84. The van der Waals surface area contributed by atoms with Crippen molar-refractivity contribution in [3.8, 4) is 0 Å². The zero-order chi connectivity index (χ0) is 4.28. The lowest BCUT2D eigenvalue weighted by Crippen LogP contribution is -1.53. The van der Waals surface area contributed by atoms with Crippen molar-refractivity contribution in [3.05, 3.63) is 11.4 Å². The van der Waals surface area contributed by atoms with Gasteiger partial charge in [0, 0.05) is 0 Å². The highest BCUT2D eigenvalue weighted by atomic mass is 32.1. The quantitative estimate of drug-likeness (QED) is 0.342. The van der Waals surface area contributed by atoms with Gasteiger partial charge in [0.2, 0.25) is 0 Å². The first-order valence-corrected chi connectivity index (χ1v) is 1.40. The Morgan fingerprint density at radius 1 is 2.00 bits per heavy atom. The van der Waals surface area contributed by atoms with Crippen molar-refractivity contribution >= 4 is 12.6 Å². The van der Waals surface area contributed by atoms with E-state index in [4.69, 9.17) is 5.11 Å². The van der Waals surface area contributed by atoms with E-state index in [9.17, 15) is 4.39 Å². The van der Waals surface area contributed by atoms with Gasteiger partial charge in [-0.1, -0.05) is 0 Å². The van der Waals surface area contributed by atoms with Gasteiger partial charge in [-0.05, 0) is 0 Å². The Morgan fingerprint density at radius 3 is 2.20 bits per heavy atom. The predicted molar refractivity (Wildman–Crippen MR) is 20.8 cm³/mol. The van der Waals surface area contributed by atoms with Gasteiger partial charge in [-0.3, -0.25) is 0 Å². The molecule has 0 heterocycles. The Kier molecular flexibility index (Phi) is 2.01. The average Bonchev–Trinajstić information content (AvgIpc) is 1.38. The van der Waals surface area contributed by atoms with Crippen molar-refractivity contribution in [2.24, 2.45) is 0 Å². The largest absolute Gasteiger partial charge is 0.501 e. The maximum absolute atomic E-state index is 10.6. The molecule has 0 unspecified atom stereocenters. The molecule has 0 aromatic heterocycles. The predicted octanol–water partition coefficient (Wildman–Crippen LogP) is 1.24. The third kappa shape index (κ3) is 3.82. The van der Waals surface area contributed by atoms with Gasteiger partial charge in [0.1, 0.15) is 6.33 Å². The molecular formula is C2H3FOS. The van der Waals surface area contributed by atoms with Crippen LogP contribution in [-0.2, 0) is 0 Å². The Bertz CT molecular complexity index is 47.6. The number of rotatable bonds is 0. The maximum Gasteiger partial charge on any atom is 0.175 e. The SMILES string of the molecule is O/C(S)=C/F. The fourth-order valence-electron chi connectivity index (χ4n) is 0. The standard InChI is InChI=1S/C2H3FOS/c3-1-2(4)5/h1,4-5H/b2-1-. The van der Waals surface area contributed by atoms with E-state index < -0.39 is 5.09 Å². The summed E-state index contributed by atoms with van der Waals surface area (Å²) in [6.07, 6.45) is 0.00309. The van der Waals surface area contributed by atoms with Crippen LogP contribution in [0.1, 0.15) is 0 Å². The van der Waals surface area contributed by atoms with Crippen LogP contribution in [0.15, 0.2) is 11.4 Å². The number of halogens is 1. The molecule has 0 saturated heterocycles. The van der Waals surface area contributed by atoms with Crippen molar-refractivity contribution in [1.29, 1.82) is 0 Å². The van der Waals surface area contributed by atoms with Crippen molar-refractivity contribution in [2.45, 2.75) is 0 Å². The third-order valence-corrected chi connectivity index (χ3v) is 0.195. The van der Waals surface area contributed by atoms with Gasteiger partial charge in [0.15, 0.2) is 5.09 Å². The number of thiol groups is 1. The Hall–Kier alpha value is -0.180. The maximum atomic E-state index is 10.6. The van der Waals surface area contributed by atoms with Gasteiger partial charge in [0.25, 0.3) is 0 Å². The summed E-state index contributed by atoms with van der Waals surface area (Å²) >= 11 is 3.14. The molecular weight excluding hydrogens is 91.1 g/mol. The van der Waals surface area contributed by atoms with Gasteiger partial charge in [-0.25, -0.2) is 4.39 Å². The Morgan fingerprint density at radius 2 is 2.20 bits per heavy atom. The first-order valence-electron chi connectivity index (χ1n) is 0.954. The van der Waals surface area contributed by atoms with Crippen LogP contribution in [0.3, 0.4) is 0 Å². The van der Waals surface area contributed by atoms with E-state index in [-0.39, 0.29) is 6.33 Å². The van der Waals surface area contributed by atoms with Crippen LogP contribution in [-0.4, -0.2) is 5.11 Å². The van der Waals surface area contributed by atoms with Crippen LogP contribution in [0.4, 0.5) is 4.39 Å². The highest BCUT2D eigenvalue weighted by Gasteiger charge is 1.68. The molecule has 3 heteroatoms. The van der Waals surface area contributed by atoms with E-state index in [1.165, 1.54) is 0 Å². The minimum absolute atomic E-state index is 0.00309. The van der Waals surface area contributed by atoms with Crippen molar-refractivity contribution in [3.63, 3.8) is 0 Å². The summed E-state index contributed by atoms with van der Waals surface area (Å²) in [6, 6.07) is 0. The van der Waals surface area contributed by atoms with Gasteiger partial charge in [0.05, 0.1) is 0 Å². The normalized spacial score (nSPS) is 12.0. The summed E-state index contributed by atoms with van der Waals surface area (Å²) in [5.41, 5.74) is 0. The fourth-order valence-corrected chi connectivity index (χ4v) is 0. The minimum Gasteiger partial charge on any atom is -0.501 e. The third-order valence-electron chi connectivity index (χ3n) is 0.0976. The van der Waals surface area contributed by atoms with Crippen LogP contribution in [0.25, 0.3) is 0 Å². The molecule has 30 valence electrons. The summed E-state index contributed by atoms with van der Waals surface area (Å²) in [5.74, 6) is 0. The number of aliphatic hydroxyl groups excluding tert-OH is 1. The van der Waals surface area contributed by atoms with Gasteiger partial charge in [-0.2, -0.15) is 0 Å². The second-order valence-corrected chi connectivity index (χ2v) is 0.926. The summed E-state index contributed by atoms with van der Waals surface area (Å²) in [5, 5.41) is 7.12. The van der Waals surface area contributed by atoms with Gasteiger partial charge in [-0.15, -0.1) is 12.6 Å². The van der Waals surface area contributed by atoms with Crippen LogP contribution >= 0.6 is 12.6 Å². The molecule has 0 bridgehead atoms. The number of hydrogen-bond acceptors (Lipinski definition) is 2. The van der Waals surface area contributed by atoms with E-state index in [2.05, 4.69) is 12.6 Å².